The van der Waals surface area contributed by atoms with Gasteiger partial charge in [-0.3, -0.25) is 0 Å². The van der Waals surface area contributed by atoms with E-state index in [9.17, 15) is 0 Å². The monoisotopic (exact) mass is 404 g/mol. The fraction of sp³-hybridized carbons (Fsp3) is 0.455. The van der Waals surface area contributed by atoms with Gasteiger partial charge < -0.3 is 24.8 Å². The number of nitrogens with one attached hydrogen (secondary N) is 1. The average Bonchev–Trinajstić information content (AvgIpc) is 2.93. The summed E-state index contributed by atoms with van der Waals surface area (Å²) in [6.07, 6.45) is 1.04. The zero-order valence-corrected chi connectivity index (χ0v) is 17.9. The van der Waals surface area contributed by atoms with Crippen LogP contribution < -0.4 is 10.1 Å². The number of rotatable bonds is 8. The summed E-state index contributed by atoms with van der Waals surface area (Å²) in [4.78, 5) is 18.2. The minimum absolute atomic E-state index is 0.677. The number of aromatic nitrogens is 1. The fourth-order valence-electron chi connectivity index (χ4n) is 2.95. The second-order valence-electron chi connectivity index (χ2n) is 7.29. The molecule has 2 rings (SSSR count). The molecular formula is C22H32N2O5. The maximum Gasteiger partial charge on any atom is 0.414 e. The van der Waals surface area contributed by atoms with E-state index < -0.39 is 11.9 Å². The summed E-state index contributed by atoms with van der Waals surface area (Å²) in [7, 11) is 1.70. The van der Waals surface area contributed by atoms with Gasteiger partial charge in [0.1, 0.15) is 5.75 Å². The maximum atomic E-state index is 9.10. The van der Waals surface area contributed by atoms with Gasteiger partial charge in [0.05, 0.1) is 7.11 Å². The van der Waals surface area contributed by atoms with E-state index in [4.69, 9.17) is 24.5 Å². The van der Waals surface area contributed by atoms with Crippen molar-refractivity contribution in [2.75, 3.05) is 13.7 Å². The molecule has 0 bridgehead atoms. The van der Waals surface area contributed by atoms with Gasteiger partial charge in [-0.2, -0.15) is 0 Å². The Morgan fingerprint density at radius 1 is 1.10 bits per heavy atom. The highest BCUT2D eigenvalue weighted by Crippen LogP contribution is 2.17. The maximum absolute atomic E-state index is 9.10. The normalized spacial score (nSPS) is 10.4. The van der Waals surface area contributed by atoms with Crippen molar-refractivity contribution in [1.82, 2.24) is 9.88 Å². The van der Waals surface area contributed by atoms with E-state index >= 15 is 0 Å². The van der Waals surface area contributed by atoms with Crippen molar-refractivity contribution >= 4 is 11.9 Å². The van der Waals surface area contributed by atoms with E-state index in [0.29, 0.717) is 5.92 Å². The van der Waals surface area contributed by atoms with Crippen molar-refractivity contribution in [1.29, 1.82) is 0 Å². The zero-order valence-electron chi connectivity index (χ0n) is 17.9. The Hall–Kier alpha value is -2.80. The van der Waals surface area contributed by atoms with Crippen LogP contribution in [0.2, 0.25) is 0 Å². The summed E-state index contributed by atoms with van der Waals surface area (Å²) in [5, 5.41) is 18.4. The number of nitrogens with zero attached hydrogens (tertiary/aromatic N) is 1. The van der Waals surface area contributed by atoms with Gasteiger partial charge >= 0.3 is 11.9 Å². The molecule has 1 aromatic carbocycles. The Balaban J connectivity index is 0.000000612. The molecule has 2 aromatic rings. The van der Waals surface area contributed by atoms with Gasteiger partial charge in [-0.25, -0.2) is 9.59 Å². The largest absolute Gasteiger partial charge is 0.497 e. The van der Waals surface area contributed by atoms with E-state index in [-0.39, 0.29) is 0 Å². The fourth-order valence-corrected chi connectivity index (χ4v) is 2.95. The minimum atomic E-state index is -1.82. The third kappa shape index (κ3) is 8.39. The first-order valence-electron chi connectivity index (χ1n) is 9.61. The summed E-state index contributed by atoms with van der Waals surface area (Å²) < 4.78 is 7.62. The van der Waals surface area contributed by atoms with Crippen LogP contribution in [-0.4, -0.2) is 40.4 Å². The van der Waals surface area contributed by atoms with Crippen LogP contribution in [0.1, 0.15) is 36.4 Å². The summed E-state index contributed by atoms with van der Waals surface area (Å²) >= 11 is 0. The number of ether oxygens (including phenoxy) is 1. The molecular weight excluding hydrogens is 372 g/mol. The quantitative estimate of drug-likeness (QED) is 0.461. The SMILES string of the molecule is COc1ccc(CCNCc2cc(C)n(CC(C)C)c2C)cc1.O=C(O)C(=O)O. The Bertz CT molecular complexity index is 782. The van der Waals surface area contributed by atoms with Crippen molar-refractivity contribution in [3.63, 3.8) is 0 Å². The van der Waals surface area contributed by atoms with Gasteiger partial charge in [-0.05, 0) is 62.1 Å². The Morgan fingerprint density at radius 3 is 2.17 bits per heavy atom. The number of hydrogen-bond acceptors (Lipinski definition) is 4. The first-order chi connectivity index (χ1) is 13.6. The molecule has 1 heterocycles. The van der Waals surface area contributed by atoms with Crippen LogP contribution in [0.3, 0.4) is 0 Å². The minimum Gasteiger partial charge on any atom is -0.497 e. The number of aliphatic carboxylic acids is 2. The second kappa shape index (κ2) is 11.9. The van der Waals surface area contributed by atoms with Crippen LogP contribution in [-0.2, 0) is 29.1 Å². The summed E-state index contributed by atoms with van der Waals surface area (Å²) in [6.45, 7) is 12.0. The smallest absolute Gasteiger partial charge is 0.414 e. The third-order valence-corrected chi connectivity index (χ3v) is 4.47. The lowest BCUT2D eigenvalue weighted by molar-refractivity contribution is -0.159. The van der Waals surface area contributed by atoms with Gasteiger partial charge in [0.25, 0.3) is 0 Å². The standard InChI is InChI=1S/C20H30N2O.C2H2O4/c1-15(2)14-22-16(3)12-19(17(22)4)13-21-11-10-18-6-8-20(23-5)9-7-18;3-1(4)2(5)6/h6-9,12,15,21H,10-11,13-14H2,1-5H3;(H,3,4)(H,5,6). The molecule has 7 nitrogen and oxygen atoms in total. The predicted molar refractivity (Wildman–Crippen MR) is 112 cm³/mol. The Labute approximate surface area is 172 Å². The molecule has 0 aliphatic carbocycles. The molecule has 1 aromatic heterocycles. The number of carbonyl (C=O) groups is 2. The Kier molecular flexibility index (Phi) is 9.96. The van der Waals surface area contributed by atoms with Crippen molar-refractivity contribution < 1.29 is 24.5 Å². The molecule has 0 spiro atoms. The average molecular weight is 405 g/mol. The number of methoxy groups -OCH3 is 1. The van der Waals surface area contributed by atoms with Crippen LogP contribution in [0.15, 0.2) is 30.3 Å². The molecule has 0 fully saturated rings. The molecule has 0 unspecified atom stereocenters. The van der Waals surface area contributed by atoms with Crippen molar-refractivity contribution in [3.8, 4) is 5.75 Å². The lowest BCUT2D eigenvalue weighted by Gasteiger charge is -2.12. The molecule has 0 saturated heterocycles. The number of carboxylic acid groups (broad SMARTS) is 2. The number of hydrogen-bond donors (Lipinski definition) is 3. The van der Waals surface area contributed by atoms with E-state index in [1.807, 2.05) is 12.1 Å². The van der Waals surface area contributed by atoms with E-state index in [2.05, 4.69) is 55.8 Å². The molecule has 0 atom stereocenters. The molecule has 0 aliphatic heterocycles. The Morgan fingerprint density at radius 2 is 1.69 bits per heavy atom. The molecule has 29 heavy (non-hydrogen) atoms. The van der Waals surface area contributed by atoms with Crippen LogP contribution in [0.25, 0.3) is 0 Å². The predicted octanol–water partition coefficient (Wildman–Crippen LogP) is 3.26. The lowest BCUT2D eigenvalue weighted by Crippen LogP contribution is -2.17. The molecule has 0 amide bonds. The highest BCUT2D eigenvalue weighted by atomic mass is 16.5. The van der Waals surface area contributed by atoms with E-state index in [1.54, 1.807) is 7.11 Å². The summed E-state index contributed by atoms with van der Waals surface area (Å²) in [5.41, 5.74) is 5.51. The molecule has 3 N–H and O–H groups in total. The first-order valence-corrected chi connectivity index (χ1v) is 9.61. The first kappa shape index (κ1) is 24.2. The molecule has 160 valence electrons. The van der Waals surface area contributed by atoms with Crippen molar-refractivity contribution in [3.05, 3.63) is 52.8 Å². The van der Waals surface area contributed by atoms with Crippen molar-refractivity contribution in [2.24, 2.45) is 5.92 Å². The molecule has 0 saturated carbocycles. The number of carboxylic acids is 2. The van der Waals surface area contributed by atoms with Crippen LogP contribution in [0.5, 0.6) is 5.75 Å². The van der Waals surface area contributed by atoms with E-state index in [1.165, 1.54) is 22.5 Å². The van der Waals surface area contributed by atoms with Gasteiger partial charge in [-0.15, -0.1) is 0 Å². The van der Waals surface area contributed by atoms with Crippen LogP contribution in [0.4, 0.5) is 0 Å². The highest BCUT2D eigenvalue weighted by molar-refractivity contribution is 6.27. The molecule has 7 heteroatoms. The number of aryl methyl sites for hydroxylation is 1. The van der Waals surface area contributed by atoms with E-state index in [0.717, 1.165) is 31.8 Å². The van der Waals surface area contributed by atoms with Crippen molar-refractivity contribution in [2.45, 2.75) is 47.2 Å². The molecule has 0 radical (unpaired) electrons. The van der Waals surface area contributed by atoms with Gasteiger partial charge in [0.2, 0.25) is 0 Å². The molecule has 0 aliphatic rings. The topological polar surface area (TPSA) is 101 Å². The van der Waals surface area contributed by atoms with Gasteiger partial charge in [0.15, 0.2) is 0 Å². The van der Waals surface area contributed by atoms with Crippen LogP contribution in [0, 0.1) is 19.8 Å². The zero-order chi connectivity index (χ0) is 22.0. The summed E-state index contributed by atoms with van der Waals surface area (Å²) in [6, 6.07) is 10.6. The highest BCUT2D eigenvalue weighted by Gasteiger charge is 2.09. The van der Waals surface area contributed by atoms with Gasteiger partial charge in [-0.1, -0.05) is 26.0 Å². The lowest BCUT2D eigenvalue weighted by atomic mass is 10.1. The third-order valence-electron chi connectivity index (χ3n) is 4.47. The van der Waals surface area contributed by atoms with Crippen LogP contribution >= 0.6 is 0 Å². The van der Waals surface area contributed by atoms with Gasteiger partial charge in [0, 0.05) is 24.5 Å². The number of benzene rings is 1. The second-order valence-corrected chi connectivity index (χ2v) is 7.29. The summed E-state index contributed by atoms with van der Waals surface area (Å²) in [5.74, 6) is -2.06.